The number of fused-ring (bicyclic) bond motifs is 1. The number of rotatable bonds is 8. The first-order valence-corrected chi connectivity index (χ1v) is 11.0. The summed E-state index contributed by atoms with van der Waals surface area (Å²) in [6, 6.07) is 12.4. The van der Waals surface area contributed by atoms with Gasteiger partial charge in [0, 0.05) is 18.0 Å². The van der Waals surface area contributed by atoms with Crippen LogP contribution in [0.2, 0.25) is 0 Å². The molecule has 2 aromatic carbocycles. The van der Waals surface area contributed by atoms with Crippen LogP contribution in [-0.2, 0) is 11.2 Å². The van der Waals surface area contributed by atoms with Crippen molar-refractivity contribution in [3.05, 3.63) is 53.8 Å². The van der Waals surface area contributed by atoms with Crippen LogP contribution in [0.5, 0.6) is 0 Å². The van der Waals surface area contributed by atoms with E-state index in [2.05, 4.69) is 24.0 Å². The quantitative estimate of drug-likeness (QED) is 0.444. The number of carbonyl (C=O) groups is 1. The predicted octanol–water partition coefficient (Wildman–Crippen LogP) is 5.11. The monoisotopic (exact) mass is 453 g/mol. The van der Waals surface area contributed by atoms with Crippen LogP contribution in [0.4, 0.5) is 9.52 Å². The van der Waals surface area contributed by atoms with Crippen molar-refractivity contribution in [2.45, 2.75) is 18.2 Å². The van der Waals surface area contributed by atoms with Gasteiger partial charge in [-0.1, -0.05) is 30.4 Å². The number of aryl methyl sites for hydroxylation is 1. The maximum Gasteiger partial charge on any atom is 0.239 e. The van der Waals surface area contributed by atoms with Gasteiger partial charge >= 0.3 is 0 Å². The van der Waals surface area contributed by atoms with E-state index in [1.54, 1.807) is 28.4 Å². The van der Waals surface area contributed by atoms with Crippen LogP contribution in [0.15, 0.2) is 47.4 Å². The number of halogens is 2. The molecule has 1 aromatic heterocycles. The summed E-state index contributed by atoms with van der Waals surface area (Å²) in [6.07, 6.45) is 0.909. The number of hydrogen-bond acceptors (Lipinski definition) is 5. The molecule has 3 aromatic rings. The highest BCUT2D eigenvalue weighted by Gasteiger charge is 2.20. The molecule has 29 heavy (non-hydrogen) atoms. The van der Waals surface area contributed by atoms with E-state index >= 15 is 0 Å². The van der Waals surface area contributed by atoms with Crippen molar-refractivity contribution in [3.8, 4) is 0 Å². The zero-order valence-electron chi connectivity index (χ0n) is 16.7. The number of amides is 1. The topological polar surface area (TPSA) is 36.4 Å². The van der Waals surface area contributed by atoms with Gasteiger partial charge in [0.2, 0.25) is 5.91 Å². The number of aromatic nitrogens is 1. The van der Waals surface area contributed by atoms with Gasteiger partial charge in [0.05, 0.1) is 16.0 Å². The Labute approximate surface area is 185 Å². The number of benzene rings is 2. The Morgan fingerprint density at radius 2 is 1.86 bits per heavy atom. The first-order chi connectivity index (χ1) is 13.5. The second-order valence-corrected chi connectivity index (χ2v) is 8.76. The summed E-state index contributed by atoms with van der Waals surface area (Å²) >= 11 is 2.97. The third kappa shape index (κ3) is 6.15. The SMILES string of the molecule is CCc1cccc2sc(N(CCN(C)C)C(=O)CSc3ccc(F)cc3)nc12.Cl. The van der Waals surface area contributed by atoms with Crippen molar-refractivity contribution in [2.24, 2.45) is 0 Å². The zero-order valence-corrected chi connectivity index (χ0v) is 19.2. The first-order valence-electron chi connectivity index (χ1n) is 9.20. The summed E-state index contributed by atoms with van der Waals surface area (Å²) < 4.78 is 14.2. The minimum absolute atomic E-state index is 0. The lowest BCUT2D eigenvalue weighted by atomic mass is 10.1. The van der Waals surface area contributed by atoms with E-state index in [4.69, 9.17) is 4.98 Å². The van der Waals surface area contributed by atoms with Gasteiger partial charge in [-0.25, -0.2) is 9.37 Å². The molecule has 0 fully saturated rings. The molecule has 3 rings (SSSR count). The number of nitrogens with zero attached hydrogens (tertiary/aromatic N) is 3. The molecular formula is C21H25ClFN3OS2. The fourth-order valence-corrected chi connectivity index (χ4v) is 4.61. The van der Waals surface area contributed by atoms with Crippen LogP contribution in [-0.4, -0.2) is 48.7 Å². The van der Waals surface area contributed by atoms with E-state index in [1.807, 2.05) is 20.2 Å². The number of thiazole rings is 1. The fourth-order valence-electron chi connectivity index (χ4n) is 2.78. The summed E-state index contributed by atoms with van der Waals surface area (Å²) in [4.78, 5) is 22.5. The lowest BCUT2D eigenvalue weighted by Crippen LogP contribution is -2.37. The standard InChI is InChI=1S/C21H24FN3OS2.ClH/c1-4-15-6-5-7-18-20(15)23-21(28-18)25(13-12-24(2)3)19(26)14-27-17-10-8-16(22)9-11-17;/h5-11H,4,12-14H2,1-3H3;1H. The van der Waals surface area contributed by atoms with Crippen LogP contribution < -0.4 is 4.90 Å². The molecule has 1 amide bonds. The number of hydrogen-bond donors (Lipinski definition) is 0. The van der Waals surface area contributed by atoms with Gasteiger partial charge in [-0.05, 0) is 56.4 Å². The summed E-state index contributed by atoms with van der Waals surface area (Å²) in [6.45, 7) is 3.45. The first kappa shape index (κ1) is 23.6. The van der Waals surface area contributed by atoms with Crippen molar-refractivity contribution in [1.29, 1.82) is 0 Å². The lowest BCUT2D eigenvalue weighted by Gasteiger charge is -2.21. The second-order valence-electron chi connectivity index (χ2n) is 6.71. The molecule has 0 aliphatic carbocycles. The smallest absolute Gasteiger partial charge is 0.239 e. The third-order valence-electron chi connectivity index (χ3n) is 4.35. The Bertz CT molecular complexity index is 947. The van der Waals surface area contributed by atoms with Crippen molar-refractivity contribution in [2.75, 3.05) is 37.8 Å². The molecule has 0 aliphatic rings. The normalized spacial score (nSPS) is 10.9. The highest BCUT2D eigenvalue weighted by molar-refractivity contribution is 8.00. The molecule has 1 heterocycles. The van der Waals surface area contributed by atoms with Crippen LogP contribution in [0.3, 0.4) is 0 Å². The van der Waals surface area contributed by atoms with Crippen molar-refractivity contribution >= 4 is 56.8 Å². The molecule has 0 aliphatic heterocycles. The third-order valence-corrected chi connectivity index (χ3v) is 6.39. The Hall–Kier alpha value is -1.67. The van der Waals surface area contributed by atoms with Gasteiger partial charge in [-0.2, -0.15) is 0 Å². The number of anilines is 1. The summed E-state index contributed by atoms with van der Waals surface area (Å²) in [5.74, 6) is 0.0214. The van der Waals surface area contributed by atoms with Crippen LogP contribution in [0.1, 0.15) is 12.5 Å². The van der Waals surface area contributed by atoms with E-state index in [0.29, 0.717) is 6.54 Å². The number of carbonyl (C=O) groups excluding carboxylic acids is 1. The summed E-state index contributed by atoms with van der Waals surface area (Å²) in [5, 5.41) is 0.738. The minimum Gasteiger partial charge on any atom is -0.308 e. The number of likely N-dealkylation sites (N-methyl/N-ethyl adjacent to an activating group) is 1. The molecular weight excluding hydrogens is 429 g/mol. The summed E-state index contributed by atoms with van der Waals surface area (Å²) in [7, 11) is 3.98. The molecule has 0 saturated carbocycles. The van der Waals surface area contributed by atoms with E-state index in [0.717, 1.165) is 33.2 Å². The predicted molar refractivity (Wildman–Crippen MR) is 124 cm³/mol. The van der Waals surface area contributed by atoms with E-state index in [-0.39, 0.29) is 29.9 Å². The van der Waals surface area contributed by atoms with E-state index in [9.17, 15) is 9.18 Å². The molecule has 0 spiro atoms. The summed E-state index contributed by atoms with van der Waals surface area (Å²) in [5.41, 5.74) is 2.18. The highest BCUT2D eigenvalue weighted by atomic mass is 35.5. The van der Waals surface area contributed by atoms with Crippen LogP contribution in [0, 0.1) is 5.82 Å². The van der Waals surface area contributed by atoms with Gasteiger partial charge in [0.15, 0.2) is 5.13 Å². The number of thioether (sulfide) groups is 1. The van der Waals surface area contributed by atoms with Crippen molar-refractivity contribution < 1.29 is 9.18 Å². The Balaban J connectivity index is 0.00000300. The average molecular weight is 454 g/mol. The molecule has 156 valence electrons. The largest absolute Gasteiger partial charge is 0.308 e. The van der Waals surface area contributed by atoms with Gasteiger partial charge < -0.3 is 4.90 Å². The zero-order chi connectivity index (χ0) is 20.1. The Kier molecular flexibility index (Phi) is 8.89. The van der Waals surface area contributed by atoms with Gasteiger partial charge in [-0.15, -0.1) is 24.2 Å². The van der Waals surface area contributed by atoms with E-state index in [1.165, 1.54) is 29.5 Å². The van der Waals surface area contributed by atoms with Crippen molar-refractivity contribution in [3.63, 3.8) is 0 Å². The molecule has 0 radical (unpaired) electrons. The maximum absolute atomic E-state index is 13.1. The number of para-hydroxylation sites is 1. The van der Waals surface area contributed by atoms with Gasteiger partial charge in [0.25, 0.3) is 0 Å². The van der Waals surface area contributed by atoms with Gasteiger partial charge in [0.1, 0.15) is 5.82 Å². The highest BCUT2D eigenvalue weighted by Crippen LogP contribution is 2.31. The molecule has 0 N–H and O–H groups in total. The molecule has 0 atom stereocenters. The molecule has 0 bridgehead atoms. The fraction of sp³-hybridized carbons (Fsp3) is 0.333. The van der Waals surface area contributed by atoms with Gasteiger partial charge in [-0.3, -0.25) is 9.69 Å². The van der Waals surface area contributed by atoms with E-state index < -0.39 is 0 Å². The molecule has 0 unspecified atom stereocenters. The van der Waals surface area contributed by atoms with Crippen LogP contribution in [0.25, 0.3) is 10.2 Å². The molecule has 8 heteroatoms. The van der Waals surface area contributed by atoms with Crippen molar-refractivity contribution in [1.82, 2.24) is 9.88 Å². The minimum atomic E-state index is -0.274. The Morgan fingerprint density at radius 1 is 1.14 bits per heavy atom. The Morgan fingerprint density at radius 3 is 2.52 bits per heavy atom. The average Bonchev–Trinajstić information content (AvgIpc) is 3.11. The molecule has 4 nitrogen and oxygen atoms in total. The maximum atomic E-state index is 13.1. The lowest BCUT2D eigenvalue weighted by molar-refractivity contribution is -0.116. The van der Waals surface area contributed by atoms with Crippen LogP contribution >= 0.6 is 35.5 Å². The molecule has 0 saturated heterocycles. The second kappa shape index (κ2) is 10.9.